The second kappa shape index (κ2) is 14.3. The summed E-state index contributed by atoms with van der Waals surface area (Å²) >= 11 is 0. The molecule has 1 aliphatic rings. The van der Waals surface area contributed by atoms with Crippen LogP contribution < -0.4 is 10.6 Å². The van der Waals surface area contributed by atoms with Gasteiger partial charge in [0.2, 0.25) is 17.7 Å². The Morgan fingerprint density at radius 2 is 1.73 bits per heavy atom. The number of carbonyl (C=O) groups excluding carboxylic acids is 3. The Kier molecular flexibility index (Phi) is 11.8. The Balaban J connectivity index is 2.13. The third kappa shape index (κ3) is 8.66. The molecule has 37 heavy (non-hydrogen) atoms. The van der Waals surface area contributed by atoms with Crippen molar-refractivity contribution < 1.29 is 14.4 Å². The van der Waals surface area contributed by atoms with E-state index in [1.165, 1.54) is 0 Å². The average molecular weight is 514 g/mol. The average Bonchev–Trinajstić information content (AvgIpc) is 2.87. The molecule has 1 aromatic rings. The van der Waals surface area contributed by atoms with Gasteiger partial charge in [-0.25, -0.2) is 0 Å². The lowest BCUT2D eigenvalue weighted by Gasteiger charge is -2.39. The summed E-state index contributed by atoms with van der Waals surface area (Å²) in [7, 11) is 1.76. The number of hydrogen-bond donors (Lipinski definition) is 2. The normalized spacial score (nSPS) is 18.6. The molecule has 0 aromatic carbocycles. The van der Waals surface area contributed by atoms with Crippen molar-refractivity contribution in [3.8, 4) is 0 Å². The Hall–Kier alpha value is -2.74. The standard InChI is InChI=1S/C29H47N5O3/c1-19(2)25(17-22(7)27(35)31-18-23-12-14-30-15-13-23)33(8)29(37)26(20(3)4)32-28(36)24-11-9-10-16-34(24)21(5)6/h12-15,17,19-21,24-26H,9-11,16,18H2,1-8H3,(H,31,35)(H,32,36)/t24-,25?,26+/m1/s1. The van der Waals surface area contributed by atoms with Crippen molar-refractivity contribution in [3.05, 3.63) is 41.7 Å². The highest BCUT2D eigenvalue weighted by atomic mass is 16.2. The first-order valence-corrected chi connectivity index (χ1v) is 13.6. The molecule has 0 spiro atoms. The second-order valence-electron chi connectivity index (χ2n) is 11.1. The van der Waals surface area contributed by atoms with E-state index in [2.05, 4.69) is 34.4 Å². The Morgan fingerprint density at radius 1 is 1.08 bits per heavy atom. The van der Waals surface area contributed by atoms with Gasteiger partial charge in [-0.1, -0.05) is 40.2 Å². The van der Waals surface area contributed by atoms with Crippen molar-refractivity contribution in [1.82, 2.24) is 25.4 Å². The van der Waals surface area contributed by atoms with Crippen molar-refractivity contribution in [2.24, 2.45) is 11.8 Å². The molecular formula is C29H47N5O3. The van der Waals surface area contributed by atoms with Gasteiger partial charge in [-0.05, 0) is 69.7 Å². The van der Waals surface area contributed by atoms with E-state index in [0.717, 1.165) is 31.4 Å². The van der Waals surface area contributed by atoms with E-state index in [1.807, 2.05) is 45.9 Å². The van der Waals surface area contributed by atoms with Gasteiger partial charge in [0.05, 0.1) is 12.1 Å². The molecule has 1 unspecified atom stereocenters. The van der Waals surface area contributed by atoms with Gasteiger partial charge in [-0.2, -0.15) is 0 Å². The number of rotatable bonds is 11. The van der Waals surface area contributed by atoms with E-state index >= 15 is 0 Å². The van der Waals surface area contributed by atoms with E-state index in [1.54, 1.807) is 31.3 Å². The topological polar surface area (TPSA) is 94.6 Å². The molecule has 8 heteroatoms. The zero-order valence-electron chi connectivity index (χ0n) is 24.0. The lowest BCUT2D eigenvalue weighted by molar-refractivity contribution is -0.140. The van der Waals surface area contributed by atoms with Crippen molar-refractivity contribution in [1.29, 1.82) is 0 Å². The number of likely N-dealkylation sites (N-methyl/N-ethyl adjacent to an activating group) is 1. The number of aromatic nitrogens is 1. The number of likely N-dealkylation sites (tertiary alicyclic amines) is 1. The summed E-state index contributed by atoms with van der Waals surface area (Å²) in [5.74, 6) is -0.387. The zero-order chi connectivity index (χ0) is 27.7. The van der Waals surface area contributed by atoms with Crippen LogP contribution in [0.15, 0.2) is 36.2 Å². The summed E-state index contributed by atoms with van der Waals surface area (Å²) in [6, 6.07) is 2.85. The fourth-order valence-corrected chi connectivity index (χ4v) is 4.89. The van der Waals surface area contributed by atoms with Crippen LogP contribution in [0.1, 0.15) is 73.3 Å². The van der Waals surface area contributed by atoms with E-state index in [9.17, 15) is 14.4 Å². The highest BCUT2D eigenvalue weighted by molar-refractivity contribution is 5.93. The van der Waals surface area contributed by atoms with Crippen LogP contribution in [0.2, 0.25) is 0 Å². The van der Waals surface area contributed by atoms with Gasteiger partial charge in [-0.15, -0.1) is 0 Å². The molecule has 0 radical (unpaired) electrons. The zero-order valence-corrected chi connectivity index (χ0v) is 24.0. The summed E-state index contributed by atoms with van der Waals surface area (Å²) in [6.45, 7) is 15.3. The predicted molar refractivity (Wildman–Crippen MR) is 147 cm³/mol. The van der Waals surface area contributed by atoms with Gasteiger partial charge in [0.15, 0.2) is 0 Å². The molecule has 3 atom stereocenters. The second-order valence-corrected chi connectivity index (χ2v) is 11.1. The Labute approximate surface area is 223 Å². The molecule has 0 bridgehead atoms. The predicted octanol–water partition coefficient (Wildman–Crippen LogP) is 3.53. The summed E-state index contributed by atoms with van der Waals surface area (Å²) in [4.78, 5) is 47.7. The number of pyridine rings is 1. The Bertz CT molecular complexity index is 929. The van der Waals surface area contributed by atoms with Crippen LogP contribution in [-0.4, -0.2) is 70.3 Å². The van der Waals surface area contributed by atoms with Crippen LogP contribution in [-0.2, 0) is 20.9 Å². The van der Waals surface area contributed by atoms with E-state index in [0.29, 0.717) is 12.1 Å². The van der Waals surface area contributed by atoms with Crippen LogP contribution in [0.5, 0.6) is 0 Å². The molecule has 1 aromatic heterocycles. The van der Waals surface area contributed by atoms with Crippen molar-refractivity contribution in [2.45, 2.75) is 98.4 Å². The van der Waals surface area contributed by atoms with E-state index in [-0.39, 0.29) is 47.7 Å². The maximum Gasteiger partial charge on any atom is 0.246 e. The maximum absolute atomic E-state index is 13.7. The third-order valence-corrected chi connectivity index (χ3v) is 7.20. The number of piperidine rings is 1. The largest absolute Gasteiger partial charge is 0.348 e. The van der Waals surface area contributed by atoms with Crippen LogP contribution in [0.4, 0.5) is 0 Å². The molecule has 8 nitrogen and oxygen atoms in total. The first kappa shape index (κ1) is 30.5. The monoisotopic (exact) mass is 513 g/mol. The number of hydrogen-bond acceptors (Lipinski definition) is 5. The number of carbonyl (C=O) groups is 3. The summed E-state index contributed by atoms with van der Waals surface area (Å²) < 4.78 is 0. The highest BCUT2D eigenvalue weighted by Gasteiger charge is 2.36. The summed E-state index contributed by atoms with van der Waals surface area (Å²) in [5.41, 5.74) is 1.51. The van der Waals surface area contributed by atoms with E-state index in [4.69, 9.17) is 0 Å². The molecule has 2 N–H and O–H groups in total. The Morgan fingerprint density at radius 3 is 2.30 bits per heavy atom. The van der Waals surface area contributed by atoms with Crippen LogP contribution in [0.3, 0.4) is 0 Å². The smallest absolute Gasteiger partial charge is 0.246 e. The van der Waals surface area contributed by atoms with Crippen LogP contribution >= 0.6 is 0 Å². The molecule has 2 heterocycles. The SMILES string of the molecule is CC(=CC(C(C)C)N(C)C(=O)[C@@H](NC(=O)[C@H]1CCCCN1C(C)C)C(C)C)C(=O)NCc1ccncc1. The molecule has 3 amide bonds. The molecule has 206 valence electrons. The van der Waals surface area contributed by atoms with Gasteiger partial charge >= 0.3 is 0 Å². The first-order chi connectivity index (χ1) is 17.4. The van der Waals surface area contributed by atoms with Gasteiger partial charge in [0.25, 0.3) is 0 Å². The summed E-state index contributed by atoms with van der Waals surface area (Å²) in [6.07, 6.45) is 8.16. The van der Waals surface area contributed by atoms with Crippen molar-refractivity contribution >= 4 is 17.7 Å². The minimum atomic E-state index is -0.635. The highest BCUT2D eigenvalue weighted by Crippen LogP contribution is 2.21. The maximum atomic E-state index is 13.7. The summed E-state index contributed by atoms with van der Waals surface area (Å²) in [5, 5.41) is 6.01. The molecule has 1 saturated heterocycles. The lowest BCUT2D eigenvalue weighted by Crippen LogP contribution is -2.58. The molecule has 1 aliphatic heterocycles. The van der Waals surface area contributed by atoms with Crippen molar-refractivity contribution in [3.63, 3.8) is 0 Å². The molecule has 0 aliphatic carbocycles. The number of nitrogens with zero attached hydrogens (tertiary/aromatic N) is 3. The molecule has 2 rings (SSSR count). The van der Waals surface area contributed by atoms with Crippen molar-refractivity contribution in [2.75, 3.05) is 13.6 Å². The van der Waals surface area contributed by atoms with Gasteiger partial charge < -0.3 is 15.5 Å². The fourth-order valence-electron chi connectivity index (χ4n) is 4.89. The number of nitrogens with one attached hydrogen (secondary N) is 2. The van der Waals surface area contributed by atoms with Crippen LogP contribution in [0, 0.1) is 11.8 Å². The van der Waals surface area contributed by atoms with Crippen LogP contribution in [0.25, 0.3) is 0 Å². The van der Waals surface area contributed by atoms with Gasteiger partial charge in [0, 0.05) is 37.6 Å². The molecule has 0 saturated carbocycles. The first-order valence-electron chi connectivity index (χ1n) is 13.6. The number of amides is 3. The van der Waals surface area contributed by atoms with Gasteiger partial charge in [0.1, 0.15) is 6.04 Å². The quantitative estimate of drug-likeness (QED) is 0.442. The van der Waals surface area contributed by atoms with E-state index < -0.39 is 6.04 Å². The minimum absolute atomic E-state index is 0.0721. The molecular weight excluding hydrogens is 466 g/mol. The fraction of sp³-hybridized carbons (Fsp3) is 0.655. The minimum Gasteiger partial charge on any atom is -0.348 e. The molecule has 1 fully saturated rings. The lowest BCUT2D eigenvalue weighted by atomic mass is 9.95. The van der Waals surface area contributed by atoms with Gasteiger partial charge in [-0.3, -0.25) is 24.3 Å². The third-order valence-electron chi connectivity index (χ3n) is 7.20.